The predicted molar refractivity (Wildman–Crippen MR) is 38.1 cm³/mol. The van der Waals surface area contributed by atoms with Gasteiger partial charge in [0.2, 0.25) is 0 Å². The number of nitrogens with one attached hydrogen (secondary N) is 1. The minimum atomic E-state index is -0.846. The van der Waals surface area contributed by atoms with Crippen LogP contribution in [0.2, 0.25) is 0 Å². The van der Waals surface area contributed by atoms with Gasteiger partial charge < -0.3 is 10.1 Å². The van der Waals surface area contributed by atoms with Crippen molar-refractivity contribution in [3.63, 3.8) is 0 Å². The van der Waals surface area contributed by atoms with Crippen molar-refractivity contribution in [1.82, 2.24) is 9.88 Å². The third-order valence-electron chi connectivity index (χ3n) is 1.92. The van der Waals surface area contributed by atoms with Crippen molar-refractivity contribution in [2.45, 2.75) is 13.1 Å². The smallest absolute Gasteiger partial charge is 0.407 e. The first-order valence-electron chi connectivity index (χ1n) is 3.40. The number of carbonyl (C=O) groups is 1. The van der Waals surface area contributed by atoms with Gasteiger partial charge in [-0.3, -0.25) is 4.90 Å². The summed E-state index contributed by atoms with van der Waals surface area (Å²) in [4.78, 5) is 14.8. The highest BCUT2D eigenvalue weighted by atomic mass is 16.4. The van der Waals surface area contributed by atoms with Crippen LogP contribution in [0.25, 0.3) is 0 Å². The number of hydrogen-bond acceptors (Lipinski definition) is 1. The Kier molecular flexibility index (Phi) is 1.15. The highest BCUT2D eigenvalue weighted by Crippen LogP contribution is 2.21. The van der Waals surface area contributed by atoms with Gasteiger partial charge in [-0.15, -0.1) is 0 Å². The molecule has 58 valence electrons. The number of aromatic nitrogens is 1. The molecular formula is C7H8N2O2. The molecule has 1 amide bonds. The minimum absolute atomic E-state index is 0.522. The Labute approximate surface area is 63.4 Å². The van der Waals surface area contributed by atoms with Crippen molar-refractivity contribution in [3.8, 4) is 0 Å². The molecule has 1 aromatic rings. The van der Waals surface area contributed by atoms with Crippen LogP contribution in [0.5, 0.6) is 0 Å². The summed E-state index contributed by atoms with van der Waals surface area (Å²) in [5.74, 6) is 0. The molecule has 1 aliphatic rings. The molecule has 11 heavy (non-hydrogen) atoms. The zero-order valence-corrected chi connectivity index (χ0v) is 5.87. The van der Waals surface area contributed by atoms with Gasteiger partial charge >= 0.3 is 6.09 Å². The first kappa shape index (κ1) is 6.27. The summed E-state index contributed by atoms with van der Waals surface area (Å²) in [5, 5.41) is 8.62. The second-order valence-electron chi connectivity index (χ2n) is 2.64. The molecule has 0 unspecified atom stereocenters. The van der Waals surface area contributed by atoms with Crippen LogP contribution in [0.15, 0.2) is 12.4 Å². The fourth-order valence-electron chi connectivity index (χ4n) is 1.33. The first-order valence-corrected chi connectivity index (χ1v) is 3.40. The lowest BCUT2D eigenvalue weighted by atomic mass is 10.2. The summed E-state index contributed by atoms with van der Waals surface area (Å²) in [7, 11) is 0. The average molecular weight is 152 g/mol. The zero-order valence-electron chi connectivity index (χ0n) is 5.87. The van der Waals surface area contributed by atoms with Gasteiger partial charge in [0, 0.05) is 12.4 Å². The molecule has 0 saturated heterocycles. The van der Waals surface area contributed by atoms with E-state index < -0.39 is 6.09 Å². The molecule has 1 aliphatic heterocycles. The van der Waals surface area contributed by atoms with E-state index in [9.17, 15) is 4.79 Å². The number of rotatable bonds is 0. The van der Waals surface area contributed by atoms with Gasteiger partial charge in [-0.2, -0.15) is 0 Å². The summed E-state index contributed by atoms with van der Waals surface area (Å²) < 4.78 is 0. The van der Waals surface area contributed by atoms with Crippen LogP contribution in [0.3, 0.4) is 0 Å². The van der Waals surface area contributed by atoms with Crippen molar-refractivity contribution in [1.29, 1.82) is 0 Å². The first-order chi connectivity index (χ1) is 5.27. The van der Waals surface area contributed by atoms with Gasteiger partial charge in [-0.25, -0.2) is 4.79 Å². The fraction of sp³-hybridized carbons (Fsp3) is 0.286. The molecule has 1 aromatic heterocycles. The van der Waals surface area contributed by atoms with Gasteiger partial charge in [-0.1, -0.05) is 0 Å². The Balaban J connectivity index is 2.22. The lowest BCUT2D eigenvalue weighted by molar-refractivity contribution is 0.145. The number of H-pyrrole nitrogens is 1. The Hall–Kier alpha value is -1.45. The number of amides is 1. The fourth-order valence-corrected chi connectivity index (χ4v) is 1.33. The molecule has 0 radical (unpaired) electrons. The van der Waals surface area contributed by atoms with Crippen molar-refractivity contribution in [2.24, 2.45) is 0 Å². The Bertz CT molecular complexity index is 272. The second kappa shape index (κ2) is 2.02. The maximum absolute atomic E-state index is 10.5. The van der Waals surface area contributed by atoms with Crippen molar-refractivity contribution in [3.05, 3.63) is 23.5 Å². The zero-order chi connectivity index (χ0) is 7.84. The van der Waals surface area contributed by atoms with Crippen LogP contribution >= 0.6 is 0 Å². The summed E-state index contributed by atoms with van der Waals surface area (Å²) in [6.07, 6.45) is 2.84. The lowest BCUT2D eigenvalue weighted by Crippen LogP contribution is -2.22. The monoisotopic (exact) mass is 152 g/mol. The lowest BCUT2D eigenvalue weighted by Gasteiger charge is -2.08. The van der Waals surface area contributed by atoms with E-state index >= 15 is 0 Å². The molecule has 4 heteroatoms. The maximum atomic E-state index is 10.5. The van der Waals surface area contributed by atoms with Crippen molar-refractivity contribution >= 4 is 6.09 Å². The maximum Gasteiger partial charge on any atom is 0.407 e. The van der Waals surface area contributed by atoms with E-state index in [4.69, 9.17) is 5.11 Å². The summed E-state index contributed by atoms with van der Waals surface area (Å²) >= 11 is 0. The van der Waals surface area contributed by atoms with E-state index in [0.29, 0.717) is 13.1 Å². The van der Waals surface area contributed by atoms with E-state index in [1.807, 2.05) is 12.4 Å². The van der Waals surface area contributed by atoms with Crippen molar-refractivity contribution in [2.75, 3.05) is 0 Å². The topological polar surface area (TPSA) is 56.3 Å². The normalized spacial score (nSPS) is 15.1. The Morgan fingerprint density at radius 3 is 2.45 bits per heavy atom. The second-order valence-corrected chi connectivity index (χ2v) is 2.64. The molecule has 0 spiro atoms. The standard InChI is InChI=1S/C7H8N2O2/c10-7(11)9-3-5-1-8-2-6(5)4-9/h1-2,8H,3-4H2,(H,10,11). The number of carboxylic acid groups (broad SMARTS) is 1. The Morgan fingerprint density at radius 2 is 2.00 bits per heavy atom. The number of nitrogens with zero attached hydrogens (tertiary/aromatic N) is 1. The molecule has 2 N–H and O–H groups in total. The SMILES string of the molecule is O=C(O)N1Cc2c[nH]cc2C1. The van der Waals surface area contributed by atoms with Crippen LogP contribution in [0.4, 0.5) is 4.79 Å². The summed E-state index contributed by atoms with van der Waals surface area (Å²) in [6.45, 7) is 1.04. The van der Waals surface area contributed by atoms with Crippen molar-refractivity contribution < 1.29 is 9.90 Å². The number of aromatic amines is 1. The van der Waals surface area contributed by atoms with Gasteiger partial charge in [-0.05, 0) is 11.1 Å². The van der Waals surface area contributed by atoms with E-state index in [-0.39, 0.29) is 0 Å². The molecule has 0 aliphatic carbocycles. The molecule has 2 rings (SSSR count). The molecule has 0 aromatic carbocycles. The van der Waals surface area contributed by atoms with Crippen LogP contribution < -0.4 is 0 Å². The van der Waals surface area contributed by atoms with E-state index in [2.05, 4.69) is 4.98 Å². The molecule has 0 bridgehead atoms. The predicted octanol–water partition coefficient (Wildman–Crippen LogP) is 1.01. The van der Waals surface area contributed by atoms with E-state index in [1.54, 1.807) is 0 Å². The average Bonchev–Trinajstić information content (AvgIpc) is 2.40. The molecule has 2 heterocycles. The van der Waals surface area contributed by atoms with Crippen LogP contribution in [-0.4, -0.2) is 21.1 Å². The minimum Gasteiger partial charge on any atom is -0.465 e. The summed E-state index contributed by atoms with van der Waals surface area (Å²) in [6, 6.07) is 0. The van der Waals surface area contributed by atoms with Crippen LogP contribution in [0, 0.1) is 0 Å². The van der Waals surface area contributed by atoms with E-state index in [1.165, 1.54) is 4.90 Å². The Morgan fingerprint density at radius 1 is 1.45 bits per heavy atom. The molecule has 0 fully saturated rings. The van der Waals surface area contributed by atoms with Gasteiger partial charge in [0.1, 0.15) is 0 Å². The summed E-state index contributed by atoms with van der Waals surface area (Å²) in [5.41, 5.74) is 2.18. The largest absolute Gasteiger partial charge is 0.465 e. The van der Waals surface area contributed by atoms with Crippen LogP contribution in [0.1, 0.15) is 11.1 Å². The third kappa shape index (κ3) is 0.869. The molecule has 4 nitrogen and oxygen atoms in total. The van der Waals surface area contributed by atoms with Gasteiger partial charge in [0.15, 0.2) is 0 Å². The number of hydrogen-bond donors (Lipinski definition) is 2. The van der Waals surface area contributed by atoms with E-state index in [0.717, 1.165) is 11.1 Å². The molecule has 0 atom stereocenters. The molecular weight excluding hydrogens is 144 g/mol. The highest BCUT2D eigenvalue weighted by molar-refractivity contribution is 5.66. The quantitative estimate of drug-likeness (QED) is 0.582. The molecule has 0 saturated carbocycles. The van der Waals surface area contributed by atoms with Gasteiger partial charge in [0.25, 0.3) is 0 Å². The highest BCUT2D eigenvalue weighted by Gasteiger charge is 2.22. The number of fused-ring (bicyclic) bond motifs is 1. The van der Waals surface area contributed by atoms with Gasteiger partial charge in [0.05, 0.1) is 13.1 Å². The van der Waals surface area contributed by atoms with Crippen LogP contribution in [-0.2, 0) is 13.1 Å². The third-order valence-corrected chi connectivity index (χ3v) is 1.92.